The van der Waals surface area contributed by atoms with Gasteiger partial charge in [0.05, 0.1) is 16.2 Å². The zero-order chi connectivity index (χ0) is 23.4. The molecule has 3 aromatic rings. The van der Waals surface area contributed by atoms with Crippen molar-refractivity contribution in [3.63, 3.8) is 0 Å². The van der Waals surface area contributed by atoms with Crippen LogP contribution < -0.4 is 10.1 Å². The second-order valence-electron chi connectivity index (χ2n) is 7.01. The third kappa shape index (κ3) is 6.18. The van der Waals surface area contributed by atoms with Crippen LogP contribution in [-0.4, -0.2) is 11.1 Å². The van der Waals surface area contributed by atoms with Gasteiger partial charge in [0.2, 0.25) is 0 Å². The molecule has 168 valence electrons. The van der Waals surface area contributed by atoms with Crippen LogP contribution in [0.3, 0.4) is 0 Å². The van der Waals surface area contributed by atoms with Crippen LogP contribution >= 0.6 is 23.4 Å². The Morgan fingerprint density at radius 1 is 1.03 bits per heavy atom. The molecule has 0 atom stereocenters. The first-order chi connectivity index (χ1) is 15.8. The van der Waals surface area contributed by atoms with Crippen molar-refractivity contribution in [1.82, 2.24) is 5.32 Å². The molecule has 0 unspecified atom stereocenters. The molecule has 4 rings (SSSR count). The normalized spacial score (nSPS) is 16.3. The summed E-state index contributed by atoms with van der Waals surface area (Å²) in [5.41, 5.74) is 1.06. The van der Waals surface area contributed by atoms with E-state index in [9.17, 15) is 18.0 Å². The molecule has 4 nitrogen and oxygen atoms in total. The number of carbonyl (C=O) groups excluding carboxylic acids is 1. The molecule has 0 aromatic heterocycles. The lowest BCUT2D eigenvalue weighted by atomic mass is 10.2. The average molecular weight is 489 g/mol. The van der Waals surface area contributed by atoms with Gasteiger partial charge < -0.3 is 10.1 Å². The number of hydrogen-bond acceptors (Lipinski definition) is 4. The number of alkyl halides is 3. The minimum Gasteiger partial charge on any atom is -0.489 e. The topological polar surface area (TPSA) is 50.7 Å². The number of thioether (sulfide) groups is 1. The molecule has 3 aromatic carbocycles. The minimum absolute atomic E-state index is 0.107. The molecule has 1 amide bonds. The van der Waals surface area contributed by atoms with E-state index in [1.165, 1.54) is 12.1 Å². The van der Waals surface area contributed by atoms with E-state index in [1.54, 1.807) is 42.5 Å². The van der Waals surface area contributed by atoms with E-state index in [4.69, 9.17) is 16.3 Å². The van der Waals surface area contributed by atoms with Crippen molar-refractivity contribution in [2.45, 2.75) is 12.8 Å². The highest BCUT2D eigenvalue weighted by atomic mass is 35.5. The quantitative estimate of drug-likeness (QED) is 0.400. The van der Waals surface area contributed by atoms with Crippen molar-refractivity contribution in [2.75, 3.05) is 0 Å². The Balaban J connectivity index is 1.41. The summed E-state index contributed by atoms with van der Waals surface area (Å²) in [5.74, 6) is 0.302. The Bertz CT molecular complexity index is 1220. The molecule has 0 radical (unpaired) electrons. The van der Waals surface area contributed by atoms with Crippen LogP contribution in [0.25, 0.3) is 6.08 Å². The highest BCUT2D eigenvalue weighted by Crippen LogP contribution is 2.33. The second-order valence-corrected chi connectivity index (χ2v) is 8.48. The van der Waals surface area contributed by atoms with Crippen molar-refractivity contribution < 1.29 is 22.7 Å². The van der Waals surface area contributed by atoms with Gasteiger partial charge in [-0.25, -0.2) is 4.99 Å². The number of rotatable bonds is 5. The Morgan fingerprint density at radius 3 is 2.45 bits per heavy atom. The summed E-state index contributed by atoms with van der Waals surface area (Å²) < 4.78 is 44.4. The van der Waals surface area contributed by atoms with E-state index in [0.717, 1.165) is 35.0 Å². The van der Waals surface area contributed by atoms with Crippen LogP contribution in [0.4, 0.5) is 18.9 Å². The molecule has 0 spiro atoms. The van der Waals surface area contributed by atoms with E-state index >= 15 is 0 Å². The van der Waals surface area contributed by atoms with Gasteiger partial charge in [-0.15, -0.1) is 0 Å². The number of benzene rings is 3. The molecule has 9 heteroatoms. The number of nitrogens with zero attached hydrogens (tertiary/aromatic N) is 1. The number of halogens is 4. The molecule has 0 bridgehead atoms. The summed E-state index contributed by atoms with van der Waals surface area (Å²) in [6.07, 6.45) is -2.78. The fraction of sp³-hybridized carbons (Fsp3) is 0.0833. The molecule has 1 aliphatic heterocycles. The van der Waals surface area contributed by atoms with Gasteiger partial charge in [0.15, 0.2) is 5.17 Å². The summed E-state index contributed by atoms with van der Waals surface area (Å²) in [6, 6.07) is 19.2. The highest BCUT2D eigenvalue weighted by molar-refractivity contribution is 8.18. The Kier molecular flexibility index (Phi) is 6.76. The van der Waals surface area contributed by atoms with Gasteiger partial charge in [0, 0.05) is 5.02 Å². The SMILES string of the molecule is O=C1NC(=Nc2cccc(C(F)(F)F)c2)S/C1=C\c1ccc(OCc2ccc(Cl)cc2)cc1. The van der Waals surface area contributed by atoms with Crippen LogP contribution in [-0.2, 0) is 17.6 Å². The minimum atomic E-state index is -4.46. The number of ether oxygens (including phenoxy) is 1. The summed E-state index contributed by atoms with van der Waals surface area (Å²) in [7, 11) is 0. The summed E-state index contributed by atoms with van der Waals surface area (Å²) in [4.78, 5) is 16.8. The van der Waals surface area contributed by atoms with Gasteiger partial charge in [-0.05, 0) is 71.4 Å². The molecule has 1 N–H and O–H groups in total. The fourth-order valence-corrected chi connectivity index (χ4v) is 3.88. The average Bonchev–Trinajstić information content (AvgIpc) is 3.12. The van der Waals surface area contributed by atoms with E-state index in [2.05, 4.69) is 10.3 Å². The molecule has 1 heterocycles. The molecular weight excluding hydrogens is 473 g/mol. The monoisotopic (exact) mass is 488 g/mol. The number of aliphatic imine (C=N–C) groups is 1. The van der Waals surface area contributed by atoms with Crippen molar-refractivity contribution in [3.05, 3.63) is 99.4 Å². The van der Waals surface area contributed by atoms with Crippen molar-refractivity contribution in [1.29, 1.82) is 0 Å². The maximum atomic E-state index is 12.9. The van der Waals surface area contributed by atoms with Crippen molar-refractivity contribution in [3.8, 4) is 5.75 Å². The molecule has 33 heavy (non-hydrogen) atoms. The van der Waals surface area contributed by atoms with E-state index < -0.39 is 11.7 Å². The maximum absolute atomic E-state index is 12.9. The standard InChI is InChI=1S/C24H16ClF3N2O2S/c25-18-8-4-16(5-9-18)14-32-20-10-6-15(7-11-20)12-21-22(31)30-23(33-21)29-19-3-1-2-17(13-19)24(26,27)28/h1-13H,14H2,(H,29,30,31)/b21-12-. The number of carbonyl (C=O) groups is 1. The van der Waals surface area contributed by atoms with Gasteiger partial charge in [0.1, 0.15) is 12.4 Å². The molecule has 0 aliphatic carbocycles. The second kappa shape index (κ2) is 9.72. The Hall–Kier alpha value is -3.23. The van der Waals surface area contributed by atoms with Crippen LogP contribution in [0.5, 0.6) is 5.75 Å². The van der Waals surface area contributed by atoms with Gasteiger partial charge in [-0.1, -0.05) is 41.9 Å². The number of amides is 1. The van der Waals surface area contributed by atoms with Crippen LogP contribution in [0.1, 0.15) is 16.7 Å². The van der Waals surface area contributed by atoms with Gasteiger partial charge >= 0.3 is 6.18 Å². The first-order valence-electron chi connectivity index (χ1n) is 9.70. The lowest BCUT2D eigenvalue weighted by Gasteiger charge is -2.07. The first-order valence-corrected chi connectivity index (χ1v) is 10.9. The Morgan fingerprint density at radius 2 is 1.76 bits per heavy atom. The number of nitrogens with one attached hydrogen (secondary N) is 1. The van der Waals surface area contributed by atoms with Crippen LogP contribution in [0.2, 0.25) is 5.02 Å². The first kappa shape index (κ1) is 22.9. The summed E-state index contributed by atoms with van der Waals surface area (Å²) in [6.45, 7) is 0.394. The molecule has 0 saturated carbocycles. The van der Waals surface area contributed by atoms with Crippen LogP contribution in [0.15, 0.2) is 82.7 Å². The summed E-state index contributed by atoms with van der Waals surface area (Å²) in [5, 5.41) is 3.45. The third-order valence-corrected chi connectivity index (χ3v) is 5.71. The summed E-state index contributed by atoms with van der Waals surface area (Å²) >= 11 is 6.94. The number of amidine groups is 1. The number of hydrogen-bond donors (Lipinski definition) is 1. The lowest BCUT2D eigenvalue weighted by Crippen LogP contribution is -2.19. The van der Waals surface area contributed by atoms with Gasteiger partial charge in [0.25, 0.3) is 5.91 Å². The molecule has 1 aliphatic rings. The Labute approximate surface area is 197 Å². The van der Waals surface area contributed by atoms with Gasteiger partial charge in [-0.2, -0.15) is 13.2 Å². The zero-order valence-electron chi connectivity index (χ0n) is 16.9. The largest absolute Gasteiger partial charge is 0.489 e. The lowest BCUT2D eigenvalue weighted by molar-refractivity contribution is -0.137. The maximum Gasteiger partial charge on any atom is 0.416 e. The van der Waals surface area contributed by atoms with Gasteiger partial charge in [-0.3, -0.25) is 4.79 Å². The predicted molar refractivity (Wildman–Crippen MR) is 124 cm³/mol. The third-order valence-electron chi connectivity index (χ3n) is 4.55. The highest BCUT2D eigenvalue weighted by Gasteiger charge is 2.30. The van der Waals surface area contributed by atoms with Crippen molar-refractivity contribution >= 4 is 46.2 Å². The smallest absolute Gasteiger partial charge is 0.416 e. The van der Waals surface area contributed by atoms with E-state index in [1.807, 2.05) is 12.1 Å². The van der Waals surface area contributed by atoms with E-state index in [0.29, 0.717) is 22.3 Å². The van der Waals surface area contributed by atoms with E-state index in [-0.39, 0.29) is 16.8 Å². The molecular formula is C24H16ClF3N2O2S. The van der Waals surface area contributed by atoms with Crippen molar-refractivity contribution in [2.24, 2.45) is 4.99 Å². The zero-order valence-corrected chi connectivity index (χ0v) is 18.5. The fourth-order valence-electron chi connectivity index (χ4n) is 2.91. The van der Waals surface area contributed by atoms with Crippen LogP contribution in [0, 0.1) is 0 Å². The molecule has 1 fully saturated rings. The predicted octanol–water partition coefficient (Wildman–Crippen LogP) is 6.83. The molecule has 1 saturated heterocycles.